The Morgan fingerprint density at radius 2 is 2.33 bits per heavy atom. The molecular weight excluding hydrogens is 286 g/mol. The van der Waals surface area contributed by atoms with Gasteiger partial charge in [0.25, 0.3) is 0 Å². The first kappa shape index (κ1) is 14.3. The van der Waals surface area contributed by atoms with Crippen LogP contribution < -0.4 is 0 Å². The molecule has 1 amide bonds. The molecular formula is C15H19N3O2S. The summed E-state index contributed by atoms with van der Waals surface area (Å²) in [6, 6.07) is 1.98. The minimum absolute atomic E-state index is 0.0448. The number of carbonyl (C=O) groups excluding carboxylic acids is 1. The lowest BCUT2D eigenvalue weighted by molar-refractivity contribution is -0.134. The number of likely N-dealkylation sites (tertiary alicyclic amines) is 1. The Kier molecular flexibility index (Phi) is 4.05. The zero-order valence-corrected chi connectivity index (χ0v) is 13.2. The number of rotatable bonds is 3. The molecule has 1 saturated heterocycles. The van der Waals surface area contributed by atoms with Gasteiger partial charge in [0.05, 0.1) is 23.2 Å². The predicted octanol–water partition coefficient (Wildman–Crippen LogP) is 3.04. The van der Waals surface area contributed by atoms with E-state index in [1.165, 1.54) is 0 Å². The third-order valence-corrected chi connectivity index (χ3v) is 4.63. The summed E-state index contributed by atoms with van der Waals surface area (Å²) in [7, 11) is 0. The number of aromatic nitrogens is 2. The maximum Gasteiger partial charge on any atom is 0.229 e. The summed E-state index contributed by atoms with van der Waals surface area (Å²) in [5.74, 6) is 0.920. The van der Waals surface area contributed by atoms with Crippen molar-refractivity contribution in [3.63, 3.8) is 0 Å². The van der Waals surface area contributed by atoms with Crippen molar-refractivity contribution in [2.75, 3.05) is 6.54 Å². The summed E-state index contributed by atoms with van der Waals surface area (Å²) in [6.45, 7) is 4.63. The number of amides is 1. The van der Waals surface area contributed by atoms with Gasteiger partial charge in [-0.15, -0.1) is 11.3 Å². The lowest BCUT2D eigenvalue weighted by atomic mass is 9.98. The zero-order valence-electron chi connectivity index (χ0n) is 12.3. The standard InChI is InChI=1S/C15H19N3O2S/c1-10-7-13(17-20-10)14-5-3-4-6-18(14)15(19)8-12-9-21-11(2)16-12/h7,9,14H,3-6,8H2,1-2H3/t14-/m0/s1. The second-order valence-corrected chi connectivity index (χ2v) is 6.56. The molecule has 5 nitrogen and oxygen atoms in total. The fraction of sp³-hybridized carbons (Fsp3) is 0.533. The van der Waals surface area contributed by atoms with Crippen LogP contribution in [0, 0.1) is 13.8 Å². The molecule has 2 aromatic rings. The maximum atomic E-state index is 12.6. The topological polar surface area (TPSA) is 59.2 Å². The monoisotopic (exact) mass is 305 g/mol. The number of nitrogens with zero attached hydrogens (tertiary/aromatic N) is 3. The molecule has 0 saturated carbocycles. The average molecular weight is 305 g/mol. The molecule has 112 valence electrons. The molecule has 1 aliphatic rings. The Morgan fingerprint density at radius 1 is 1.48 bits per heavy atom. The van der Waals surface area contributed by atoms with E-state index in [4.69, 9.17) is 4.52 Å². The molecule has 6 heteroatoms. The molecule has 0 unspecified atom stereocenters. The Bertz CT molecular complexity index is 634. The summed E-state index contributed by atoms with van der Waals surface area (Å²) < 4.78 is 5.17. The average Bonchev–Trinajstić information content (AvgIpc) is 3.07. The van der Waals surface area contributed by atoms with E-state index in [0.717, 1.165) is 48.0 Å². The first-order valence-corrected chi connectivity index (χ1v) is 8.15. The Labute approximate surface area is 128 Å². The van der Waals surface area contributed by atoms with Crippen LogP contribution in [0.1, 0.15) is 47.5 Å². The van der Waals surface area contributed by atoms with Gasteiger partial charge in [-0.05, 0) is 33.1 Å². The molecule has 3 heterocycles. The van der Waals surface area contributed by atoms with Gasteiger partial charge in [-0.25, -0.2) is 4.98 Å². The molecule has 2 aromatic heterocycles. The molecule has 0 spiro atoms. The molecule has 0 bridgehead atoms. The predicted molar refractivity (Wildman–Crippen MR) is 80.1 cm³/mol. The molecule has 0 radical (unpaired) electrons. The minimum atomic E-state index is 0.0448. The third-order valence-electron chi connectivity index (χ3n) is 3.81. The van der Waals surface area contributed by atoms with E-state index in [1.807, 2.05) is 30.2 Å². The van der Waals surface area contributed by atoms with Crippen molar-refractivity contribution in [3.8, 4) is 0 Å². The molecule has 1 fully saturated rings. The third kappa shape index (κ3) is 3.15. The van der Waals surface area contributed by atoms with Crippen molar-refractivity contribution in [2.45, 2.75) is 45.6 Å². The summed E-state index contributed by atoms with van der Waals surface area (Å²) in [5.41, 5.74) is 1.73. The van der Waals surface area contributed by atoms with E-state index < -0.39 is 0 Å². The number of aryl methyl sites for hydroxylation is 2. The first-order chi connectivity index (χ1) is 10.1. The van der Waals surface area contributed by atoms with Gasteiger partial charge in [0.2, 0.25) is 5.91 Å². The number of hydrogen-bond donors (Lipinski definition) is 0. The SMILES string of the molecule is Cc1cc([C@@H]2CCCCN2C(=O)Cc2csc(C)n2)no1. The number of thiazole rings is 1. The van der Waals surface area contributed by atoms with Gasteiger partial charge in [-0.1, -0.05) is 5.16 Å². The minimum Gasteiger partial charge on any atom is -0.361 e. The van der Waals surface area contributed by atoms with E-state index in [2.05, 4.69) is 10.1 Å². The number of hydrogen-bond acceptors (Lipinski definition) is 5. The quantitative estimate of drug-likeness (QED) is 0.874. The van der Waals surface area contributed by atoms with Crippen LogP contribution in [0.3, 0.4) is 0 Å². The molecule has 1 atom stereocenters. The lowest BCUT2D eigenvalue weighted by Gasteiger charge is -2.34. The fourth-order valence-electron chi connectivity index (χ4n) is 2.83. The largest absolute Gasteiger partial charge is 0.361 e. The molecule has 0 N–H and O–H groups in total. The number of piperidine rings is 1. The van der Waals surface area contributed by atoms with E-state index in [9.17, 15) is 4.79 Å². The van der Waals surface area contributed by atoms with Crippen LogP contribution >= 0.6 is 11.3 Å². The van der Waals surface area contributed by atoms with E-state index in [-0.39, 0.29) is 11.9 Å². The molecule has 0 aromatic carbocycles. The Hall–Kier alpha value is -1.69. The van der Waals surface area contributed by atoms with Crippen LogP contribution in [0.15, 0.2) is 16.0 Å². The Balaban J connectivity index is 1.75. The van der Waals surface area contributed by atoms with E-state index >= 15 is 0 Å². The van der Waals surface area contributed by atoms with Gasteiger partial charge in [0.15, 0.2) is 0 Å². The molecule has 0 aliphatic carbocycles. The smallest absolute Gasteiger partial charge is 0.229 e. The summed E-state index contributed by atoms with van der Waals surface area (Å²) >= 11 is 1.58. The van der Waals surface area contributed by atoms with Crippen LogP contribution in [0.5, 0.6) is 0 Å². The van der Waals surface area contributed by atoms with Gasteiger partial charge in [0.1, 0.15) is 11.5 Å². The molecule has 3 rings (SSSR count). The van der Waals surface area contributed by atoms with E-state index in [0.29, 0.717) is 6.42 Å². The van der Waals surface area contributed by atoms with Crippen LogP contribution in [-0.4, -0.2) is 27.5 Å². The summed E-state index contributed by atoms with van der Waals surface area (Å²) in [5, 5.41) is 7.07. The van der Waals surface area contributed by atoms with Crippen LogP contribution in [0.25, 0.3) is 0 Å². The van der Waals surface area contributed by atoms with Crippen LogP contribution in [-0.2, 0) is 11.2 Å². The second-order valence-electron chi connectivity index (χ2n) is 5.50. The zero-order chi connectivity index (χ0) is 14.8. The normalized spacial score (nSPS) is 19.0. The highest BCUT2D eigenvalue weighted by Gasteiger charge is 2.30. The van der Waals surface area contributed by atoms with Crippen molar-refractivity contribution in [1.82, 2.24) is 15.0 Å². The van der Waals surface area contributed by atoms with Crippen molar-refractivity contribution < 1.29 is 9.32 Å². The highest BCUT2D eigenvalue weighted by Crippen LogP contribution is 2.31. The van der Waals surface area contributed by atoms with Gasteiger partial charge in [-0.3, -0.25) is 4.79 Å². The highest BCUT2D eigenvalue weighted by atomic mass is 32.1. The van der Waals surface area contributed by atoms with Crippen molar-refractivity contribution in [1.29, 1.82) is 0 Å². The summed E-state index contributed by atoms with van der Waals surface area (Å²) in [6.07, 6.45) is 3.50. The second kappa shape index (κ2) is 5.97. The summed E-state index contributed by atoms with van der Waals surface area (Å²) in [4.78, 5) is 18.9. The first-order valence-electron chi connectivity index (χ1n) is 7.27. The van der Waals surface area contributed by atoms with Crippen LogP contribution in [0.2, 0.25) is 0 Å². The fourth-order valence-corrected chi connectivity index (χ4v) is 3.44. The van der Waals surface area contributed by atoms with E-state index in [1.54, 1.807) is 11.3 Å². The van der Waals surface area contributed by atoms with Gasteiger partial charge in [-0.2, -0.15) is 0 Å². The molecule has 1 aliphatic heterocycles. The van der Waals surface area contributed by atoms with Gasteiger partial charge in [0, 0.05) is 18.0 Å². The van der Waals surface area contributed by atoms with Gasteiger partial charge < -0.3 is 9.42 Å². The van der Waals surface area contributed by atoms with Crippen molar-refractivity contribution in [3.05, 3.63) is 33.6 Å². The van der Waals surface area contributed by atoms with Crippen molar-refractivity contribution >= 4 is 17.2 Å². The van der Waals surface area contributed by atoms with Crippen LogP contribution in [0.4, 0.5) is 0 Å². The number of carbonyl (C=O) groups is 1. The maximum absolute atomic E-state index is 12.6. The van der Waals surface area contributed by atoms with Crippen molar-refractivity contribution in [2.24, 2.45) is 0 Å². The Morgan fingerprint density at radius 3 is 3.00 bits per heavy atom. The highest BCUT2D eigenvalue weighted by molar-refractivity contribution is 7.09. The van der Waals surface area contributed by atoms with Gasteiger partial charge >= 0.3 is 0 Å². The lowest BCUT2D eigenvalue weighted by Crippen LogP contribution is -2.39. The molecule has 21 heavy (non-hydrogen) atoms.